The van der Waals surface area contributed by atoms with Gasteiger partial charge in [-0.25, -0.2) is 9.37 Å². The van der Waals surface area contributed by atoms with Crippen molar-refractivity contribution >= 4 is 12.0 Å². The highest BCUT2D eigenvalue weighted by molar-refractivity contribution is 5.91. The summed E-state index contributed by atoms with van der Waals surface area (Å²) in [6.45, 7) is 4.65. The van der Waals surface area contributed by atoms with E-state index in [4.69, 9.17) is 4.74 Å². The minimum absolute atomic E-state index is 0.0129. The molecule has 166 valence electrons. The number of carbonyl (C=O) groups is 1. The molecule has 1 unspecified atom stereocenters. The van der Waals surface area contributed by atoms with Crippen LogP contribution in [0.3, 0.4) is 0 Å². The van der Waals surface area contributed by atoms with Gasteiger partial charge in [0.25, 0.3) is 0 Å². The minimum Gasteiger partial charge on any atom is -0.376 e. The summed E-state index contributed by atoms with van der Waals surface area (Å²) in [7, 11) is 0. The number of piperidine rings is 1. The van der Waals surface area contributed by atoms with Gasteiger partial charge in [-0.15, -0.1) is 0 Å². The SMILES string of the molecule is O=C(/C=C/c1cnc[nH]1)N(CC1CCN(Cc2ccccc2F)CC1)CC1CCCO1. The van der Waals surface area contributed by atoms with E-state index < -0.39 is 0 Å². The maximum atomic E-state index is 14.0. The molecule has 2 saturated heterocycles. The number of nitrogens with one attached hydrogen (secondary N) is 1. The Hall–Kier alpha value is -2.51. The molecule has 0 spiro atoms. The highest BCUT2D eigenvalue weighted by atomic mass is 19.1. The fourth-order valence-corrected chi connectivity index (χ4v) is 4.42. The zero-order valence-electron chi connectivity index (χ0n) is 17.9. The van der Waals surface area contributed by atoms with E-state index in [2.05, 4.69) is 14.9 Å². The van der Waals surface area contributed by atoms with Crippen molar-refractivity contribution in [1.29, 1.82) is 0 Å². The van der Waals surface area contributed by atoms with Gasteiger partial charge < -0.3 is 14.6 Å². The molecule has 2 aliphatic rings. The molecular formula is C24H31FN4O2. The van der Waals surface area contributed by atoms with Crippen molar-refractivity contribution in [2.24, 2.45) is 5.92 Å². The van der Waals surface area contributed by atoms with Crippen LogP contribution in [0.25, 0.3) is 6.08 Å². The Morgan fingerprint density at radius 3 is 2.81 bits per heavy atom. The molecule has 2 aliphatic heterocycles. The third kappa shape index (κ3) is 6.24. The Labute approximate surface area is 183 Å². The third-order valence-corrected chi connectivity index (χ3v) is 6.22. The summed E-state index contributed by atoms with van der Waals surface area (Å²) >= 11 is 0. The molecule has 2 fully saturated rings. The molecular weight excluding hydrogens is 395 g/mol. The lowest BCUT2D eigenvalue weighted by atomic mass is 9.95. The van der Waals surface area contributed by atoms with Crippen LogP contribution >= 0.6 is 0 Å². The zero-order chi connectivity index (χ0) is 21.5. The summed E-state index contributed by atoms with van der Waals surface area (Å²) in [5, 5.41) is 0. The molecule has 1 aromatic carbocycles. The summed E-state index contributed by atoms with van der Waals surface area (Å²) in [6, 6.07) is 6.99. The maximum Gasteiger partial charge on any atom is 0.246 e. The number of aromatic amines is 1. The third-order valence-electron chi connectivity index (χ3n) is 6.22. The number of hydrogen-bond donors (Lipinski definition) is 1. The van der Waals surface area contributed by atoms with Crippen molar-refractivity contribution in [3.63, 3.8) is 0 Å². The average Bonchev–Trinajstić information content (AvgIpc) is 3.49. The van der Waals surface area contributed by atoms with Crippen LogP contribution in [-0.4, -0.2) is 64.6 Å². The smallest absolute Gasteiger partial charge is 0.246 e. The van der Waals surface area contributed by atoms with Crippen molar-refractivity contribution in [2.75, 3.05) is 32.8 Å². The van der Waals surface area contributed by atoms with Gasteiger partial charge in [0.05, 0.1) is 24.3 Å². The van der Waals surface area contributed by atoms with E-state index in [1.165, 1.54) is 6.07 Å². The van der Waals surface area contributed by atoms with E-state index in [1.54, 1.807) is 30.7 Å². The topological polar surface area (TPSA) is 61.5 Å². The molecule has 4 rings (SSSR count). The molecule has 3 heterocycles. The van der Waals surface area contributed by atoms with Gasteiger partial charge in [-0.1, -0.05) is 18.2 Å². The molecule has 2 aromatic rings. The highest BCUT2D eigenvalue weighted by Crippen LogP contribution is 2.22. The van der Waals surface area contributed by atoms with E-state index in [1.807, 2.05) is 17.0 Å². The summed E-state index contributed by atoms with van der Waals surface area (Å²) in [5.41, 5.74) is 1.56. The molecule has 0 bridgehead atoms. The number of amides is 1. The maximum absolute atomic E-state index is 14.0. The predicted molar refractivity (Wildman–Crippen MR) is 118 cm³/mol. The lowest BCUT2D eigenvalue weighted by molar-refractivity contribution is -0.128. The van der Waals surface area contributed by atoms with Crippen LogP contribution in [0.2, 0.25) is 0 Å². The number of H-pyrrole nitrogens is 1. The van der Waals surface area contributed by atoms with Gasteiger partial charge in [0.2, 0.25) is 5.91 Å². The molecule has 7 heteroatoms. The molecule has 1 atom stereocenters. The Kier molecular flexibility index (Phi) is 7.48. The van der Waals surface area contributed by atoms with Crippen molar-refractivity contribution in [1.82, 2.24) is 19.8 Å². The quantitative estimate of drug-likeness (QED) is 0.657. The van der Waals surface area contributed by atoms with Gasteiger partial charge in [-0.05, 0) is 56.8 Å². The van der Waals surface area contributed by atoms with Crippen molar-refractivity contribution in [3.05, 3.63) is 59.9 Å². The average molecular weight is 427 g/mol. The largest absolute Gasteiger partial charge is 0.376 e. The number of carbonyl (C=O) groups excluding carboxylic acids is 1. The lowest BCUT2D eigenvalue weighted by Crippen LogP contribution is -2.43. The van der Waals surface area contributed by atoms with E-state index >= 15 is 0 Å². The van der Waals surface area contributed by atoms with Gasteiger partial charge in [0.15, 0.2) is 0 Å². The Morgan fingerprint density at radius 2 is 2.10 bits per heavy atom. The van der Waals surface area contributed by atoms with Crippen LogP contribution in [0.5, 0.6) is 0 Å². The normalized spacial score (nSPS) is 20.5. The number of halogens is 1. The minimum atomic E-state index is -0.137. The van der Waals surface area contributed by atoms with Crippen molar-refractivity contribution in [3.8, 4) is 0 Å². The number of benzene rings is 1. The summed E-state index contributed by atoms with van der Waals surface area (Å²) in [4.78, 5) is 24.2. The first-order valence-electron chi connectivity index (χ1n) is 11.2. The number of aromatic nitrogens is 2. The van der Waals surface area contributed by atoms with Gasteiger partial charge >= 0.3 is 0 Å². The number of hydrogen-bond acceptors (Lipinski definition) is 4. The Morgan fingerprint density at radius 1 is 1.26 bits per heavy atom. The highest BCUT2D eigenvalue weighted by Gasteiger charge is 2.26. The second-order valence-corrected chi connectivity index (χ2v) is 8.53. The Balaban J connectivity index is 1.32. The van der Waals surface area contributed by atoms with Crippen LogP contribution in [0.4, 0.5) is 4.39 Å². The van der Waals surface area contributed by atoms with Crippen molar-refractivity contribution in [2.45, 2.75) is 38.3 Å². The number of ether oxygens (including phenoxy) is 1. The standard InChI is InChI=1S/C24H31FN4O2/c25-23-6-2-1-4-20(23)16-28-11-9-19(10-12-28)15-29(17-22-5-3-13-31-22)24(30)8-7-21-14-26-18-27-21/h1-2,4,6-8,14,18-19,22H,3,5,9-13,15-17H2,(H,26,27)/b8-7+. The predicted octanol–water partition coefficient (Wildman–Crippen LogP) is 3.48. The number of nitrogens with zero attached hydrogens (tertiary/aromatic N) is 3. The number of imidazole rings is 1. The van der Waals surface area contributed by atoms with E-state index in [-0.39, 0.29) is 17.8 Å². The van der Waals surface area contributed by atoms with Gasteiger partial charge in [0, 0.05) is 37.9 Å². The first-order valence-corrected chi connectivity index (χ1v) is 11.2. The van der Waals surface area contributed by atoms with Crippen molar-refractivity contribution < 1.29 is 13.9 Å². The Bertz CT molecular complexity index is 856. The van der Waals surface area contributed by atoms with Crippen LogP contribution in [0.1, 0.15) is 36.9 Å². The molecule has 1 N–H and O–H groups in total. The van der Waals surface area contributed by atoms with Crippen LogP contribution in [0.15, 0.2) is 42.9 Å². The molecule has 0 aliphatic carbocycles. The second kappa shape index (κ2) is 10.7. The summed E-state index contributed by atoms with van der Waals surface area (Å²) < 4.78 is 19.7. The van der Waals surface area contributed by atoms with E-state index in [9.17, 15) is 9.18 Å². The molecule has 0 saturated carbocycles. The summed E-state index contributed by atoms with van der Waals surface area (Å²) in [6.07, 6.45) is 10.9. The van der Waals surface area contributed by atoms with Gasteiger partial charge in [0.1, 0.15) is 5.82 Å². The molecule has 6 nitrogen and oxygen atoms in total. The monoisotopic (exact) mass is 426 g/mol. The van der Waals surface area contributed by atoms with Crippen LogP contribution in [-0.2, 0) is 16.1 Å². The molecule has 1 aromatic heterocycles. The fraction of sp³-hybridized carbons (Fsp3) is 0.500. The van der Waals surface area contributed by atoms with Crippen LogP contribution < -0.4 is 0 Å². The van der Waals surface area contributed by atoms with E-state index in [0.717, 1.165) is 63.2 Å². The van der Waals surface area contributed by atoms with Gasteiger partial charge in [-0.2, -0.15) is 0 Å². The van der Waals surface area contributed by atoms with Crippen LogP contribution in [0, 0.1) is 11.7 Å². The first kappa shape index (κ1) is 21.7. The molecule has 0 radical (unpaired) electrons. The molecule has 31 heavy (non-hydrogen) atoms. The summed E-state index contributed by atoms with van der Waals surface area (Å²) in [5.74, 6) is 0.323. The van der Waals surface area contributed by atoms with Gasteiger partial charge in [-0.3, -0.25) is 9.69 Å². The lowest BCUT2D eigenvalue weighted by Gasteiger charge is -2.35. The fourth-order valence-electron chi connectivity index (χ4n) is 4.42. The number of likely N-dealkylation sites (tertiary alicyclic amines) is 1. The van der Waals surface area contributed by atoms with E-state index in [0.29, 0.717) is 19.0 Å². The molecule has 1 amide bonds. The number of rotatable bonds is 8. The first-order chi connectivity index (χ1) is 15.2. The zero-order valence-corrected chi connectivity index (χ0v) is 17.9. The second-order valence-electron chi connectivity index (χ2n) is 8.53.